The molecular weight excluding hydrogens is 270 g/mol. The fourth-order valence-corrected chi connectivity index (χ4v) is 3.19. The molecule has 2 nitrogen and oxygen atoms in total. The van der Waals surface area contributed by atoms with Crippen molar-refractivity contribution in [3.63, 3.8) is 0 Å². The maximum absolute atomic E-state index is 12.1. The predicted octanol–water partition coefficient (Wildman–Crippen LogP) is 4.42. The van der Waals surface area contributed by atoms with Gasteiger partial charge in [-0.3, -0.25) is 4.79 Å². The Labute approximate surface area is 127 Å². The van der Waals surface area contributed by atoms with Gasteiger partial charge in [0.1, 0.15) is 0 Å². The first-order valence-corrected chi connectivity index (χ1v) is 8.00. The molecule has 0 N–H and O–H groups in total. The van der Waals surface area contributed by atoms with Crippen LogP contribution in [0.2, 0.25) is 5.02 Å². The molecule has 1 fully saturated rings. The van der Waals surface area contributed by atoms with E-state index in [9.17, 15) is 4.79 Å². The molecule has 0 atom stereocenters. The van der Waals surface area contributed by atoms with Crippen LogP contribution in [-0.4, -0.2) is 30.8 Å². The maximum Gasteiger partial charge on any atom is 0.164 e. The van der Waals surface area contributed by atoms with E-state index < -0.39 is 0 Å². The zero-order valence-corrected chi connectivity index (χ0v) is 13.0. The van der Waals surface area contributed by atoms with E-state index in [1.54, 1.807) is 12.1 Å². The second-order valence-electron chi connectivity index (χ2n) is 5.95. The molecule has 2 rings (SSSR count). The van der Waals surface area contributed by atoms with Gasteiger partial charge in [-0.2, -0.15) is 0 Å². The fraction of sp³-hybridized carbons (Fsp3) is 0.588. The molecule has 0 saturated heterocycles. The third-order valence-corrected chi connectivity index (χ3v) is 4.40. The van der Waals surface area contributed by atoms with Crippen LogP contribution in [-0.2, 0) is 0 Å². The monoisotopic (exact) mass is 293 g/mol. The van der Waals surface area contributed by atoms with E-state index >= 15 is 0 Å². The van der Waals surface area contributed by atoms with Crippen LogP contribution in [0.5, 0.6) is 0 Å². The standard InChI is InChI=1S/C17H24ClNO/c1-19(13-14-6-3-2-4-7-14)11-10-17(20)15-8-5-9-16(18)12-15/h5,8-9,12,14H,2-4,6-7,10-11,13H2,1H3. The van der Waals surface area contributed by atoms with Gasteiger partial charge in [0.2, 0.25) is 0 Å². The molecule has 0 aliphatic heterocycles. The minimum atomic E-state index is 0.183. The Kier molecular flexibility index (Phi) is 6.06. The first kappa shape index (κ1) is 15.5. The summed E-state index contributed by atoms with van der Waals surface area (Å²) in [5.41, 5.74) is 0.726. The highest BCUT2D eigenvalue weighted by molar-refractivity contribution is 6.31. The lowest BCUT2D eigenvalue weighted by molar-refractivity contribution is 0.0964. The van der Waals surface area contributed by atoms with Crippen molar-refractivity contribution in [3.05, 3.63) is 34.9 Å². The molecule has 1 saturated carbocycles. The van der Waals surface area contributed by atoms with Crippen molar-refractivity contribution >= 4 is 17.4 Å². The van der Waals surface area contributed by atoms with Crippen LogP contribution in [0.1, 0.15) is 48.9 Å². The lowest BCUT2D eigenvalue weighted by Crippen LogP contribution is -2.29. The summed E-state index contributed by atoms with van der Waals surface area (Å²) >= 11 is 5.92. The molecular formula is C17H24ClNO. The van der Waals surface area contributed by atoms with Crippen LogP contribution in [0.3, 0.4) is 0 Å². The molecule has 3 heteroatoms. The summed E-state index contributed by atoms with van der Waals surface area (Å²) < 4.78 is 0. The molecule has 0 spiro atoms. The van der Waals surface area contributed by atoms with E-state index in [0.29, 0.717) is 11.4 Å². The summed E-state index contributed by atoms with van der Waals surface area (Å²) in [6, 6.07) is 7.23. The summed E-state index contributed by atoms with van der Waals surface area (Å²) in [4.78, 5) is 14.4. The summed E-state index contributed by atoms with van der Waals surface area (Å²) in [7, 11) is 2.12. The second-order valence-corrected chi connectivity index (χ2v) is 6.39. The van der Waals surface area contributed by atoms with Crippen LogP contribution in [0.15, 0.2) is 24.3 Å². The van der Waals surface area contributed by atoms with E-state index in [-0.39, 0.29) is 5.78 Å². The average molecular weight is 294 g/mol. The summed E-state index contributed by atoms with van der Waals surface area (Å²) in [6.07, 6.45) is 7.43. The van der Waals surface area contributed by atoms with E-state index in [1.165, 1.54) is 32.1 Å². The van der Waals surface area contributed by atoms with Crippen LogP contribution in [0, 0.1) is 5.92 Å². The topological polar surface area (TPSA) is 20.3 Å². The van der Waals surface area contributed by atoms with Crippen LogP contribution >= 0.6 is 11.6 Å². The van der Waals surface area contributed by atoms with Gasteiger partial charge in [0.15, 0.2) is 5.78 Å². The van der Waals surface area contributed by atoms with Gasteiger partial charge in [-0.15, -0.1) is 0 Å². The quantitative estimate of drug-likeness (QED) is 0.723. The van der Waals surface area contributed by atoms with E-state index in [2.05, 4.69) is 11.9 Å². The lowest BCUT2D eigenvalue weighted by Gasteiger charge is -2.26. The van der Waals surface area contributed by atoms with Crippen molar-refractivity contribution in [1.29, 1.82) is 0 Å². The first-order valence-electron chi connectivity index (χ1n) is 7.62. The Balaban J connectivity index is 1.75. The normalized spacial score (nSPS) is 16.6. The number of nitrogens with zero attached hydrogens (tertiary/aromatic N) is 1. The predicted molar refractivity (Wildman–Crippen MR) is 84.5 cm³/mol. The van der Waals surface area contributed by atoms with Gasteiger partial charge in [0.25, 0.3) is 0 Å². The highest BCUT2D eigenvalue weighted by Crippen LogP contribution is 2.24. The average Bonchev–Trinajstić information content (AvgIpc) is 2.46. The van der Waals surface area contributed by atoms with Gasteiger partial charge in [-0.1, -0.05) is 43.0 Å². The minimum absolute atomic E-state index is 0.183. The molecule has 0 heterocycles. The van der Waals surface area contributed by atoms with Crippen LogP contribution < -0.4 is 0 Å². The Morgan fingerprint density at radius 3 is 2.75 bits per heavy atom. The number of ketones is 1. The zero-order valence-electron chi connectivity index (χ0n) is 12.3. The molecule has 0 amide bonds. The SMILES string of the molecule is CN(CCC(=O)c1cccc(Cl)c1)CC1CCCCC1. The Bertz CT molecular complexity index is 440. The number of benzene rings is 1. The molecule has 110 valence electrons. The summed E-state index contributed by atoms with van der Waals surface area (Å²) in [5.74, 6) is 1.01. The molecule has 20 heavy (non-hydrogen) atoms. The van der Waals surface area contributed by atoms with Crippen molar-refractivity contribution in [2.45, 2.75) is 38.5 Å². The smallest absolute Gasteiger partial charge is 0.164 e. The molecule has 1 aromatic rings. The third-order valence-electron chi connectivity index (χ3n) is 4.16. The zero-order chi connectivity index (χ0) is 14.4. The number of Topliss-reactive ketones (excluding diaryl/α,β-unsaturated/α-hetero) is 1. The van der Waals surface area contributed by atoms with Crippen molar-refractivity contribution < 1.29 is 4.79 Å². The summed E-state index contributed by atoms with van der Waals surface area (Å²) in [5, 5.41) is 0.631. The van der Waals surface area contributed by atoms with Crippen molar-refractivity contribution in [3.8, 4) is 0 Å². The van der Waals surface area contributed by atoms with Crippen molar-refractivity contribution in [1.82, 2.24) is 4.90 Å². The van der Waals surface area contributed by atoms with E-state index in [0.717, 1.165) is 24.6 Å². The number of rotatable bonds is 6. The molecule has 1 aliphatic carbocycles. The Hall–Kier alpha value is -0.860. The van der Waals surface area contributed by atoms with Gasteiger partial charge in [0, 0.05) is 30.1 Å². The molecule has 0 radical (unpaired) electrons. The number of halogens is 1. The fourth-order valence-electron chi connectivity index (χ4n) is 3.00. The van der Waals surface area contributed by atoms with Crippen LogP contribution in [0.4, 0.5) is 0 Å². The molecule has 0 unspecified atom stereocenters. The van der Waals surface area contributed by atoms with Gasteiger partial charge in [-0.25, -0.2) is 0 Å². The Morgan fingerprint density at radius 2 is 2.05 bits per heavy atom. The largest absolute Gasteiger partial charge is 0.306 e. The number of carbonyl (C=O) groups excluding carboxylic acids is 1. The van der Waals surface area contributed by atoms with Gasteiger partial charge < -0.3 is 4.90 Å². The van der Waals surface area contributed by atoms with Gasteiger partial charge >= 0.3 is 0 Å². The minimum Gasteiger partial charge on any atom is -0.306 e. The second kappa shape index (κ2) is 7.80. The van der Waals surface area contributed by atoms with E-state index in [4.69, 9.17) is 11.6 Å². The first-order chi connectivity index (χ1) is 9.65. The molecule has 0 aromatic heterocycles. The van der Waals surface area contributed by atoms with Crippen LogP contribution in [0.25, 0.3) is 0 Å². The highest BCUT2D eigenvalue weighted by atomic mass is 35.5. The highest BCUT2D eigenvalue weighted by Gasteiger charge is 2.16. The summed E-state index contributed by atoms with van der Waals surface area (Å²) in [6.45, 7) is 1.96. The van der Waals surface area contributed by atoms with E-state index in [1.807, 2.05) is 12.1 Å². The van der Waals surface area contributed by atoms with Gasteiger partial charge in [0.05, 0.1) is 0 Å². The van der Waals surface area contributed by atoms with Gasteiger partial charge in [-0.05, 0) is 37.9 Å². The molecule has 1 aliphatic rings. The maximum atomic E-state index is 12.1. The number of hydrogen-bond acceptors (Lipinski definition) is 2. The lowest BCUT2D eigenvalue weighted by atomic mass is 9.89. The Morgan fingerprint density at radius 1 is 1.30 bits per heavy atom. The third kappa shape index (κ3) is 4.92. The molecule has 0 bridgehead atoms. The molecule has 1 aromatic carbocycles. The number of hydrogen-bond donors (Lipinski definition) is 0. The van der Waals surface area contributed by atoms with Crippen molar-refractivity contribution in [2.24, 2.45) is 5.92 Å². The van der Waals surface area contributed by atoms with Crippen molar-refractivity contribution in [2.75, 3.05) is 20.1 Å². The number of carbonyl (C=O) groups is 1.